The minimum atomic E-state index is -0.444. The number of amides is 1. The summed E-state index contributed by atoms with van der Waals surface area (Å²) in [5.74, 6) is -0.129. The van der Waals surface area contributed by atoms with Crippen LogP contribution in [0.2, 0.25) is 0 Å². The van der Waals surface area contributed by atoms with Crippen molar-refractivity contribution in [2.75, 3.05) is 13.2 Å². The summed E-state index contributed by atoms with van der Waals surface area (Å²) in [6.45, 7) is 0.657. The van der Waals surface area contributed by atoms with Crippen LogP contribution in [0.15, 0.2) is 24.4 Å². The summed E-state index contributed by atoms with van der Waals surface area (Å²) in [4.78, 5) is 16.5. The van der Waals surface area contributed by atoms with E-state index in [4.69, 9.17) is 10.5 Å². The summed E-state index contributed by atoms with van der Waals surface area (Å²) in [6.07, 6.45) is 7.86. The fraction of sp³-hybridized carbons (Fsp3) is 0.625. The summed E-state index contributed by atoms with van der Waals surface area (Å²) in [6, 6.07) is 5.85. The van der Waals surface area contributed by atoms with Gasteiger partial charge in [-0.2, -0.15) is 0 Å². The quantitative estimate of drug-likeness (QED) is 0.883. The molecule has 1 amide bonds. The fourth-order valence-electron chi connectivity index (χ4n) is 3.82. The van der Waals surface area contributed by atoms with Gasteiger partial charge in [0.2, 0.25) is 5.91 Å². The molecule has 114 valence electrons. The molecule has 1 aliphatic carbocycles. The van der Waals surface area contributed by atoms with Gasteiger partial charge in [0.15, 0.2) is 0 Å². The Morgan fingerprint density at radius 3 is 2.81 bits per heavy atom. The first kappa shape index (κ1) is 14.5. The Bertz CT molecular complexity index is 500. The number of rotatable bonds is 3. The van der Waals surface area contributed by atoms with Crippen molar-refractivity contribution in [3.63, 3.8) is 0 Å². The molecule has 2 heterocycles. The average molecular weight is 289 g/mol. The summed E-state index contributed by atoms with van der Waals surface area (Å²) in [7, 11) is 0. The largest absolute Gasteiger partial charge is 0.375 e. The highest BCUT2D eigenvalue weighted by Crippen LogP contribution is 2.46. The van der Waals surface area contributed by atoms with Gasteiger partial charge >= 0.3 is 0 Å². The second-order valence-electron chi connectivity index (χ2n) is 6.21. The predicted molar refractivity (Wildman–Crippen MR) is 79.5 cm³/mol. The number of pyridine rings is 1. The summed E-state index contributed by atoms with van der Waals surface area (Å²) in [5, 5.41) is 3.14. The summed E-state index contributed by atoms with van der Waals surface area (Å²) in [5.41, 5.74) is 5.88. The Labute approximate surface area is 125 Å². The smallest absolute Gasteiger partial charge is 0.234 e. The number of carbonyl (C=O) groups is 1. The van der Waals surface area contributed by atoms with Crippen LogP contribution in [0.3, 0.4) is 0 Å². The van der Waals surface area contributed by atoms with Gasteiger partial charge in [-0.1, -0.05) is 18.9 Å². The third kappa shape index (κ3) is 2.80. The molecule has 0 aromatic carbocycles. The topological polar surface area (TPSA) is 77.2 Å². The molecular weight excluding hydrogens is 266 g/mol. The van der Waals surface area contributed by atoms with Gasteiger partial charge in [-0.3, -0.25) is 9.78 Å². The number of hydrogen-bond donors (Lipinski definition) is 2. The Hall–Kier alpha value is -1.46. The van der Waals surface area contributed by atoms with Crippen molar-refractivity contribution in [2.24, 2.45) is 5.73 Å². The average Bonchev–Trinajstić information content (AvgIpc) is 2.95. The molecule has 1 aromatic heterocycles. The van der Waals surface area contributed by atoms with Gasteiger partial charge in [-0.25, -0.2) is 0 Å². The number of nitrogens with one attached hydrogen (secondary N) is 1. The molecule has 3 N–H and O–H groups in total. The lowest BCUT2D eigenvalue weighted by Crippen LogP contribution is -2.56. The molecule has 5 heteroatoms. The highest BCUT2D eigenvalue weighted by atomic mass is 16.5. The Balaban J connectivity index is 1.94. The maximum atomic E-state index is 12.0. The number of nitrogens with two attached hydrogens (primary N) is 1. The lowest BCUT2D eigenvalue weighted by molar-refractivity contribution is -0.132. The normalized spacial score (nSPS) is 27.7. The third-order valence-corrected chi connectivity index (χ3v) is 4.80. The summed E-state index contributed by atoms with van der Waals surface area (Å²) < 4.78 is 6.11. The molecule has 1 saturated carbocycles. The van der Waals surface area contributed by atoms with Gasteiger partial charge in [0.05, 0.1) is 23.4 Å². The van der Waals surface area contributed by atoms with Gasteiger partial charge in [0, 0.05) is 19.2 Å². The molecule has 1 aliphatic heterocycles. The van der Waals surface area contributed by atoms with E-state index in [-0.39, 0.29) is 18.1 Å². The zero-order valence-corrected chi connectivity index (χ0v) is 12.3. The summed E-state index contributed by atoms with van der Waals surface area (Å²) >= 11 is 0. The van der Waals surface area contributed by atoms with Gasteiger partial charge in [0.25, 0.3) is 0 Å². The van der Waals surface area contributed by atoms with Crippen molar-refractivity contribution < 1.29 is 9.53 Å². The van der Waals surface area contributed by atoms with E-state index in [1.165, 1.54) is 12.8 Å². The van der Waals surface area contributed by atoms with E-state index in [2.05, 4.69) is 10.3 Å². The number of nitrogens with zero attached hydrogens (tertiary/aromatic N) is 1. The lowest BCUT2D eigenvalue weighted by Gasteiger charge is -2.46. The molecule has 21 heavy (non-hydrogen) atoms. The van der Waals surface area contributed by atoms with Gasteiger partial charge in [-0.15, -0.1) is 0 Å². The Kier molecular flexibility index (Phi) is 3.95. The van der Waals surface area contributed by atoms with E-state index in [0.29, 0.717) is 6.61 Å². The van der Waals surface area contributed by atoms with E-state index < -0.39 is 5.54 Å². The molecule has 0 radical (unpaired) electrons. The molecule has 0 bridgehead atoms. The number of carbonyl (C=O) groups excluding carboxylic acids is 1. The molecule has 2 aliphatic rings. The highest BCUT2D eigenvalue weighted by molar-refractivity contribution is 5.78. The van der Waals surface area contributed by atoms with Crippen LogP contribution in [0.5, 0.6) is 0 Å². The zero-order valence-electron chi connectivity index (χ0n) is 12.3. The van der Waals surface area contributed by atoms with E-state index in [9.17, 15) is 4.79 Å². The fourth-order valence-corrected chi connectivity index (χ4v) is 3.82. The van der Waals surface area contributed by atoms with E-state index in [1.54, 1.807) is 6.20 Å². The molecule has 5 nitrogen and oxygen atoms in total. The molecular formula is C16H23N3O2. The Morgan fingerprint density at radius 2 is 2.14 bits per heavy atom. The third-order valence-electron chi connectivity index (χ3n) is 4.80. The predicted octanol–water partition coefficient (Wildman–Crippen LogP) is 1.47. The number of aromatic nitrogens is 1. The van der Waals surface area contributed by atoms with Crippen LogP contribution >= 0.6 is 0 Å². The van der Waals surface area contributed by atoms with Crippen LogP contribution in [0.4, 0.5) is 0 Å². The second kappa shape index (κ2) is 5.73. The standard InChI is InChI=1S/C16H23N3O2/c17-11-14(20)19-16(13-5-1-4-9-18-13)8-10-21-15(12-16)6-2-3-7-15/h1,4-5,9H,2-3,6-8,10-12,17H2,(H,19,20). The van der Waals surface area contributed by atoms with Crippen LogP contribution in [0.1, 0.15) is 44.2 Å². The van der Waals surface area contributed by atoms with Crippen LogP contribution < -0.4 is 11.1 Å². The maximum Gasteiger partial charge on any atom is 0.234 e. The van der Waals surface area contributed by atoms with E-state index in [1.807, 2.05) is 18.2 Å². The lowest BCUT2D eigenvalue weighted by atomic mass is 9.76. The Morgan fingerprint density at radius 1 is 1.33 bits per heavy atom. The molecule has 2 fully saturated rings. The molecule has 1 atom stereocenters. The highest BCUT2D eigenvalue weighted by Gasteiger charge is 2.49. The van der Waals surface area contributed by atoms with Gasteiger partial charge < -0.3 is 15.8 Å². The molecule has 1 aromatic rings. The number of hydrogen-bond acceptors (Lipinski definition) is 4. The van der Waals surface area contributed by atoms with Crippen molar-refractivity contribution in [3.8, 4) is 0 Å². The van der Waals surface area contributed by atoms with Gasteiger partial charge in [0.1, 0.15) is 0 Å². The van der Waals surface area contributed by atoms with Crippen molar-refractivity contribution in [2.45, 2.75) is 49.7 Å². The first-order chi connectivity index (χ1) is 10.2. The molecule has 1 spiro atoms. The van der Waals surface area contributed by atoms with Crippen molar-refractivity contribution >= 4 is 5.91 Å². The second-order valence-corrected chi connectivity index (χ2v) is 6.21. The minimum Gasteiger partial charge on any atom is -0.375 e. The first-order valence-corrected chi connectivity index (χ1v) is 7.75. The minimum absolute atomic E-state index is 0.00242. The van der Waals surface area contributed by atoms with Crippen molar-refractivity contribution in [3.05, 3.63) is 30.1 Å². The van der Waals surface area contributed by atoms with Crippen molar-refractivity contribution in [1.29, 1.82) is 0 Å². The van der Waals surface area contributed by atoms with Crippen molar-refractivity contribution in [1.82, 2.24) is 10.3 Å². The van der Waals surface area contributed by atoms with Crippen LogP contribution in [0, 0.1) is 0 Å². The SMILES string of the molecule is NCC(=O)NC1(c2ccccn2)CCOC2(CCCC2)C1. The monoisotopic (exact) mass is 289 g/mol. The first-order valence-electron chi connectivity index (χ1n) is 7.75. The van der Waals surface area contributed by atoms with Gasteiger partial charge in [-0.05, 0) is 31.4 Å². The van der Waals surface area contributed by atoms with E-state index >= 15 is 0 Å². The number of ether oxygens (including phenoxy) is 1. The molecule has 1 saturated heterocycles. The maximum absolute atomic E-state index is 12.0. The van der Waals surface area contributed by atoms with Crippen LogP contribution in [-0.4, -0.2) is 29.6 Å². The van der Waals surface area contributed by atoms with Crippen LogP contribution in [0.25, 0.3) is 0 Å². The van der Waals surface area contributed by atoms with Crippen LogP contribution in [-0.2, 0) is 15.1 Å². The molecule has 1 unspecified atom stereocenters. The molecule has 3 rings (SSSR count). The van der Waals surface area contributed by atoms with E-state index in [0.717, 1.165) is 31.4 Å². The zero-order chi connectivity index (χ0) is 14.8.